The third-order valence-corrected chi connectivity index (χ3v) is 3.94. The van der Waals surface area contributed by atoms with Crippen LogP contribution in [0.15, 0.2) is 23.6 Å². The highest BCUT2D eigenvalue weighted by molar-refractivity contribution is 7.89. The van der Waals surface area contributed by atoms with Crippen molar-refractivity contribution >= 4 is 36.9 Å². The summed E-state index contributed by atoms with van der Waals surface area (Å²) in [6.45, 7) is 0. The number of anilines is 1. The number of benzene rings is 1. The Kier molecular flexibility index (Phi) is 2.44. The van der Waals surface area contributed by atoms with Crippen LogP contribution >= 0.6 is 11.3 Å². The second kappa shape index (κ2) is 3.50. The summed E-state index contributed by atoms with van der Waals surface area (Å²) >= 11 is 1.54. The van der Waals surface area contributed by atoms with Crippen LogP contribution < -0.4 is 5.73 Å². The van der Waals surface area contributed by atoms with E-state index < -0.39 is 9.84 Å². The second-order valence-electron chi connectivity index (χ2n) is 3.59. The van der Waals surface area contributed by atoms with Crippen LogP contribution in [0.4, 0.5) is 5.69 Å². The molecule has 0 aliphatic heterocycles. The Hall–Kier alpha value is -1.07. The molecular weight excluding hydrogens is 230 g/mol. The van der Waals surface area contributed by atoms with Gasteiger partial charge in [0.25, 0.3) is 0 Å². The van der Waals surface area contributed by atoms with E-state index in [0.29, 0.717) is 5.69 Å². The van der Waals surface area contributed by atoms with Crippen molar-refractivity contribution in [1.82, 2.24) is 0 Å². The molecule has 0 saturated carbocycles. The first kappa shape index (κ1) is 10.4. The van der Waals surface area contributed by atoms with E-state index in [2.05, 4.69) is 0 Å². The molecule has 5 heteroatoms. The first-order chi connectivity index (χ1) is 6.96. The topological polar surface area (TPSA) is 60.2 Å². The van der Waals surface area contributed by atoms with Crippen molar-refractivity contribution in [3.05, 3.63) is 29.1 Å². The second-order valence-corrected chi connectivity index (χ2v) is 6.64. The van der Waals surface area contributed by atoms with Crippen LogP contribution in [0.2, 0.25) is 0 Å². The summed E-state index contributed by atoms with van der Waals surface area (Å²) in [4.78, 5) is 0. The molecule has 3 nitrogen and oxygen atoms in total. The molecule has 0 unspecified atom stereocenters. The quantitative estimate of drug-likeness (QED) is 0.818. The number of sulfone groups is 1. The van der Waals surface area contributed by atoms with Crippen LogP contribution in [0, 0.1) is 0 Å². The average molecular weight is 241 g/mol. The van der Waals surface area contributed by atoms with Gasteiger partial charge in [0.1, 0.15) is 0 Å². The normalized spacial score (nSPS) is 12.1. The van der Waals surface area contributed by atoms with E-state index in [4.69, 9.17) is 5.73 Å². The number of nitrogens with two attached hydrogens (primary N) is 1. The Balaban J connectivity index is 2.57. The number of rotatable bonds is 2. The maximum Gasteiger partial charge on any atom is 0.151 e. The fourth-order valence-electron chi connectivity index (χ4n) is 1.49. The van der Waals surface area contributed by atoms with E-state index in [1.165, 1.54) is 6.26 Å². The van der Waals surface area contributed by atoms with Gasteiger partial charge in [-0.2, -0.15) is 0 Å². The van der Waals surface area contributed by atoms with Gasteiger partial charge in [-0.3, -0.25) is 0 Å². The van der Waals surface area contributed by atoms with Gasteiger partial charge in [0.05, 0.1) is 5.75 Å². The molecule has 1 aromatic heterocycles. The molecule has 2 rings (SSSR count). The number of fused-ring (bicyclic) bond motifs is 1. The van der Waals surface area contributed by atoms with Gasteiger partial charge in [-0.05, 0) is 34.5 Å². The number of hydrogen-bond acceptors (Lipinski definition) is 4. The molecule has 0 aliphatic carbocycles. The minimum atomic E-state index is -2.99. The van der Waals surface area contributed by atoms with E-state index in [9.17, 15) is 8.42 Å². The van der Waals surface area contributed by atoms with Crippen LogP contribution in [0.5, 0.6) is 0 Å². The monoisotopic (exact) mass is 241 g/mol. The van der Waals surface area contributed by atoms with Gasteiger partial charge in [0, 0.05) is 16.6 Å². The van der Waals surface area contributed by atoms with Crippen LogP contribution in [0.1, 0.15) is 5.56 Å². The Bertz CT molecular complexity index is 599. The van der Waals surface area contributed by atoms with Crippen molar-refractivity contribution in [3.63, 3.8) is 0 Å². The number of thiophene rings is 1. The first-order valence-corrected chi connectivity index (χ1v) is 7.33. The average Bonchev–Trinajstić information content (AvgIpc) is 2.46. The van der Waals surface area contributed by atoms with Gasteiger partial charge in [-0.25, -0.2) is 8.42 Å². The predicted molar refractivity (Wildman–Crippen MR) is 64.8 cm³/mol. The van der Waals surface area contributed by atoms with Crippen LogP contribution in [0.3, 0.4) is 0 Å². The fraction of sp³-hybridized carbons (Fsp3) is 0.200. The lowest BCUT2D eigenvalue weighted by atomic mass is 10.2. The van der Waals surface area contributed by atoms with Crippen LogP contribution in [-0.2, 0) is 15.6 Å². The molecule has 15 heavy (non-hydrogen) atoms. The van der Waals surface area contributed by atoms with Crippen molar-refractivity contribution < 1.29 is 8.42 Å². The summed E-state index contributed by atoms with van der Waals surface area (Å²) in [5.41, 5.74) is 7.17. The van der Waals surface area contributed by atoms with E-state index >= 15 is 0 Å². The summed E-state index contributed by atoms with van der Waals surface area (Å²) in [7, 11) is -2.99. The van der Waals surface area contributed by atoms with Crippen LogP contribution in [0.25, 0.3) is 10.1 Å². The van der Waals surface area contributed by atoms with Crippen molar-refractivity contribution in [2.75, 3.05) is 12.0 Å². The molecule has 0 fully saturated rings. The SMILES string of the molecule is CS(=O)(=O)Cc1csc2ccc(N)cc12. The van der Waals surface area contributed by atoms with E-state index in [1.807, 2.05) is 23.6 Å². The maximum absolute atomic E-state index is 11.2. The molecule has 0 atom stereocenters. The molecule has 0 amide bonds. The molecule has 0 aliphatic rings. The Morgan fingerprint density at radius 1 is 1.40 bits per heavy atom. The van der Waals surface area contributed by atoms with Gasteiger partial charge in [0.2, 0.25) is 0 Å². The van der Waals surface area contributed by atoms with Gasteiger partial charge in [0.15, 0.2) is 9.84 Å². The fourth-order valence-corrected chi connectivity index (χ4v) is 3.35. The molecule has 2 aromatic rings. The summed E-state index contributed by atoms with van der Waals surface area (Å²) in [6, 6.07) is 5.57. The molecule has 1 heterocycles. The highest BCUT2D eigenvalue weighted by Crippen LogP contribution is 2.28. The van der Waals surface area contributed by atoms with Gasteiger partial charge >= 0.3 is 0 Å². The number of nitrogen functional groups attached to an aromatic ring is 1. The van der Waals surface area contributed by atoms with Gasteiger partial charge in [-0.15, -0.1) is 11.3 Å². The largest absolute Gasteiger partial charge is 0.399 e. The maximum atomic E-state index is 11.2. The third-order valence-electron chi connectivity index (χ3n) is 2.10. The molecule has 2 N–H and O–H groups in total. The lowest BCUT2D eigenvalue weighted by molar-refractivity contribution is 0.601. The molecular formula is C10H11NO2S2. The highest BCUT2D eigenvalue weighted by atomic mass is 32.2. The first-order valence-electron chi connectivity index (χ1n) is 4.39. The molecule has 0 bridgehead atoms. The van der Waals surface area contributed by atoms with Crippen molar-refractivity contribution in [1.29, 1.82) is 0 Å². The number of hydrogen-bond donors (Lipinski definition) is 1. The lowest BCUT2D eigenvalue weighted by Gasteiger charge is -1.98. The van der Waals surface area contributed by atoms with Gasteiger partial charge in [-0.1, -0.05) is 0 Å². The summed E-state index contributed by atoms with van der Waals surface area (Å²) < 4.78 is 23.5. The van der Waals surface area contributed by atoms with Gasteiger partial charge < -0.3 is 5.73 Å². The predicted octanol–water partition coefficient (Wildman–Crippen LogP) is 2.03. The minimum Gasteiger partial charge on any atom is -0.399 e. The molecule has 80 valence electrons. The Morgan fingerprint density at radius 2 is 2.13 bits per heavy atom. The zero-order chi connectivity index (χ0) is 11.1. The summed E-state index contributed by atoms with van der Waals surface area (Å²) in [5, 5.41) is 2.83. The van der Waals surface area contributed by atoms with E-state index in [0.717, 1.165) is 15.6 Å². The molecule has 0 radical (unpaired) electrons. The van der Waals surface area contributed by atoms with Crippen molar-refractivity contribution in [2.45, 2.75) is 5.75 Å². The molecule has 0 saturated heterocycles. The zero-order valence-electron chi connectivity index (χ0n) is 8.23. The summed E-state index contributed by atoms with van der Waals surface area (Å²) in [5.74, 6) is 0.0798. The van der Waals surface area contributed by atoms with Crippen LogP contribution in [-0.4, -0.2) is 14.7 Å². The zero-order valence-corrected chi connectivity index (χ0v) is 9.86. The van der Waals surface area contributed by atoms with E-state index in [1.54, 1.807) is 11.3 Å². The minimum absolute atomic E-state index is 0.0798. The Labute approximate surface area is 92.4 Å². The van der Waals surface area contributed by atoms with Crippen molar-refractivity contribution in [3.8, 4) is 0 Å². The Morgan fingerprint density at radius 3 is 2.80 bits per heavy atom. The summed E-state index contributed by atoms with van der Waals surface area (Å²) in [6.07, 6.45) is 1.24. The van der Waals surface area contributed by atoms with E-state index in [-0.39, 0.29) is 5.75 Å². The smallest absolute Gasteiger partial charge is 0.151 e. The third kappa shape index (κ3) is 2.30. The molecule has 1 aromatic carbocycles. The lowest BCUT2D eigenvalue weighted by Crippen LogP contribution is -1.99. The highest BCUT2D eigenvalue weighted by Gasteiger charge is 2.10. The standard InChI is InChI=1S/C10H11NO2S2/c1-15(12,13)6-7-5-14-10-3-2-8(11)4-9(7)10/h2-5H,6,11H2,1H3. The van der Waals surface area contributed by atoms with Crippen molar-refractivity contribution in [2.24, 2.45) is 0 Å². The molecule has 0 spiro atoms.